The summed E-state index contributed by atoms with van der Waals surface area (Å²) in [7, 11) is 1.67. The smallest absolute Gasteiger partial charge is 0.119 e. The molecule has 3 nitrogen and oxygen atoms in total. The SMILES string of the molecule is COc1ccc(Br)c(CC(N)c2c(C)oc(C)c2C)c1. The summed E-state index contributed by atoms with van der Waals surface area (Å²) >= 11 is 3.57. The van der Waals surface area contributed by atoms with Gasteiger partial charge in [0.15, 0.2) is 0 Å². The van der Waals surface area contributed by atoms with E-state index in [2.05, 4.69) is 22.9 Å². The molecule has 0 radical (unpaired) electrons. The fourth-order valence-corrected chi connectivity index (χ4v) is 2.94. The molecular weight excluding hydrogens is 318 g/mol. The lowest BCUT2D eigenvalue weighted by atomic mass is 9.96. The Morgan fingerprint density at radius 1 is 1.25 bits per heavy atom. The number of ether oxygens (including phenoxy) is 1. The van der Waals surface area contributed by atoms with Crippen molar-refractivity contribution < 1.29 is 9.15 Å². The zero-order chi connectivity index (χ0) is 14.9. The van der Waals surface area contributed by atoms with Crippen LogP contribution in [0.4, 0.5) is 0 Å². The van der Waals surface area contributed by atoms with Gasteiger partial charge in [-0.3, -0.25) is 0 Å². The summed E-state index contributed by atoms with van der Waals surface area (Å²) in [5, 5.41) is 0. The Morgan fingerprint density at radius 2 is 1.95 bits per heavy atom. The van der Waals surface area contributed by atoms with Crippen LogP contribution in [0.15, 0.2) is 27.1 Å². The molecule has 0 aliphatic rings. The van der Waals surface area contributed by atoms with Gasteiger partial charge in [-0.05, 0) is 56.5 Å². The first-order valence-electron chi connectivity index (χ1n) is 6.58. The third-order valence-electron chi connectivity index (χ3n) is 3.68. The van der Waals surface area contributed by atoms with E-state index < -0.39 is 0 Å². The van der Waals surface area contributed by atoms with Crippen molar-refractivity contribution in [1.82, 2.24) is 0 Å². The molecule has 2 N–H and O–H groups in total. The summed E-state index contributed by atoms with van der Waals surface area (Å²) in [5.41, 5.74) is 9.77. The Bertz CT molecular complexity index is 619. The van der Waals surface area contributed by atoms with Gasteiger partial charge in [0, 0.05) is 16.1 Å². The van der Waals surface area contributed by atoms with Crippen LogP contribution in [0.2, 0.25) is 0 Å². The summed E-state index contributed by atoms with van der Waals surface area (Å²) in [6, 6.07) is 5.84. The highest BCUT2D eigenvalue weighted by Gasteiger charge is 2.19. The van der Waals surface area contributed by atoms with Gasteiger partial charge in [-0.25, -0.2) is 0 Å². The highest BCUT2D eigenvalue weighted by Crippen LogP contribution is 2.31. The van der Waals surface area contributed by atoms with Crippen molar-refractivity contribution in [3.63, 3.8) is 0 Å². The maximum atomic E-state index is 6.38. The van der Waals surface area contributed by atoms with Gasteiger partial charge in [-0.2, -0.15) is 0 Å². The van der Waals surface area contributed by atoms with E-state index in [4.69, 9.17) is 14.9 Å². The molecule has 108 valence electrons. The molecule has 1 atom stereocenters. The number of halogens is 1. The van der Waals surface area contributed by atoms with E-state index in [-0.39, 0.29) is 6.04 Å². The lowest BCUT2D eigenvalue weighted by Gasteiger charge is -2.14. The van der Waals surface area contributed by atoms with E-state index in [1.807, 2.05) is 32.0 Å². The number of nitrogens with two attached hydrogens (primary N) is 1. The van der Waals surface area contributed by atoms with Crippen LogP contribution in [0.1, 0.15) is 34.3 Å². The first kappa shape index (κ1) is 15.1. The standard InChI is InChI=1S/C16H20BrNO2/c1-9-10(2)20-11(3)16(9)15(18)8-12-7-13(19-4)5-6-14(12)17/h5-7,15H,8,18H2,1-4H3. The molecule has 1 heterocycles. The Balaban J connectivity index is 2.29. The van der Waals surface area contributed by atoms with Gasteiger partial charge in [-0.1, -0.05) is 15.9 Å². The number of hydrogen-bond acceptors (Lipinski definition) is 3. The molecule has 2 aromatic rings. The lowest BCUT2D eigenvalue weighted by molar-refractivity contribution is 0.414. The summed E-state index contributed by atoms with van der Waals surface area (Å²) in [6.07, 6.45) is 0.735. The van der Waals surface area contributed by atoms with Crippen LogP contribution in [-0.4, -0.2) is 7.11 Å². The largest absolute Gasteiger partial charge is 0.497 e. The fraction of sp³-hybridized carbons (Fsp3) is 0.375. The lowest BCUT2D eigenvalue weighted by Crippen LogP contribution is -2.15. The molecule has 0 bridgehead atoms. The normalized spacial score (nSPS) is 12.5. The van der Waals surface area contributed by atoms with Crippen LogP contribution in [-0.2, 0) is 6.42 Å². The number of rotatable bonds is 4. The minimum absolute atomic E-state index is 0.0872. The Labute approximate surface area is 128 Å². The predicted octanol–water partition coefficient (Wildman–Crippen LogP) is 4.22. The van der Waals surface area contributed by atoms with Crippen LogP contribution in [0, 0.1) is 20.8 Å². The maximum absolute atomic E-state index is 6.38. The Kier molecular flexibility index (Phi) is 4.55. The van der Waals surface area contributed by atoms with E-state index in [0.717, 1.165) is 44.9 Å². The van der Waals surface area contributed by atoms with Crippen LogP contribution >= 0.6 is 15.9 Å². The topological polar surface area (TPSA) is 48.4 Å². The Morgan fingerprint density at radius 3 is 2.50 bits per heavy atom. The van der Waals surface area contributed by atoms with Gasteiger partial charge in [0.05, 0.1) is 7.11 Å². The molecule has 4 heteroatoms. The molecule has 1 unspecified atom stereocenters. The maximum Gasteiger partial charge on any atom is 0.119 e. The number of aryl methyl sites for hydroxylation is 2. The van der Waals surface area contributed by atoms with Gasteiger partial charge >= 0.3 is 0 Å². The van der Waals surface area contributed by atoms with Crippen molar-refractivity contribution in [2.24, 2.45) is 5.73 Å². The highest BCUT2D eigenvalue weighted by molar-refractivity contribution is 9.10. The van der Waals surface area contributed by atoms with Crippen LogP contribution in [0.25, 0.3) is 0 Å². The van der Waals surface area contributed by atoms with Crippen LogP contribution in [0.3, 0.4) is 0 Å². The summed E-state index contributed by atoms with van der Waals surface area (Å²) < 4.78 is 12.0. The molecule has 0 aliphatic carbocycles. The molecule has 0 saturated carbocycles. The van der Waals surface area contributed by atoms with Crippen molar-refractivity contribution >= 4 is 15.9 Å². The monoisotopic (exact) mass is 337 g/mol. The Hall–Kier alpha value is -1.26. The van der Waals surface area contributed by atoms with Gasteiger partial charge in [0.25, 0.3) is 0 Å². The second kappa shape index (κ2) is 6.02. The minimum atomic E-state index is -0.0872. The van der Waals surface area contributed by atoms with Gasteiger partial charge < -0.3 is 14.9 Å². The number of benzene rings is 1. The van der Waals surface area contributed by atoms with Crippen molar-refractivity contribution in [2.75, 3.05) is 7.11 Å². The number of furan rings is 1. The second-order valence-electron chi connectivity index (χ2n) is 5.02. The second-order valence-corrected chi connectivity index (χ2v) is 5.88. The van der Waals surface area contributed by atoms with Crippen molar-refractivity contribution in [1.29, 1.82) is 0 Å². The average molecular weight is 338 g/mol. The first-order chi connectivity index (χ1) is 9.43. The number of hydrogen-bond donors (Lipinski definition) is 1. The molecule has 1 aromatic heterocycles. The minimum Gasteiger partial charge on any atom is -0.497 e. The molecule has 0 aliphatic heterocycles. The molecule has 0 amide bonds. The van der Waals surface area contributed by atoms with Gasteiger partial charge in [-0.15, -0.1) is 0 Å². The van der Waals surface area contributed by atoms with E-state index >= 15 is 0 Å². The van der Waals surface area contributed by atoms with E-state index in [0.29, 0.717) is 0 Å². The van der Waals surface area contributed by atoms with E-state index in [1.165, 1.54) is 0 Å². The van der Waals surface area contributed by atoms with Crippen molar-refractivity contribution in [3.8, 4) is 5.75 Å². The molecule has 2 rings (SSSR count). The molecule has 0 spiro atoms. The predicted molar refractivity (Wildman–Crippen MR) is 84.2 cm³/mol. The summed E-state index contributed by atoms with van der Waals surface area (Å²) in [4.78, 5) is 0. The van der Waals surface area contributed by atoms with Gasteiger partial charge in [0.1, 0.15) is 17.3 Å². The molecule has 0 fully saturated rings. The third-order valence-corrected chi connectivity index (χ3v) is 4.45. The fourth-order valence-electron chi connectivity index (χ4n) is 2.53. The quantitative estimate of drug-likeness (QED) is 0.908. The van der Waals surface area contributed by atoms with Crippen molar-refractivity contribution in [2.45, 2.75) is 33.2 Å². The van der Waals surface area contributed by atoms with Crippen molar-refractivity contribution in [3.05, 3.63) is 50.9 Å². The molecule has 1 aromatic carbocycles. The summed E-state index contributed by atoms with van der Waals surface area (Å²) in [5.74, 6) is 2.69. The summed E-state index contributed by atoms with van der Waals surface area (Å²) in [6.45, 7) is 6.00. The van der Waals surface area contributed by atoms with Crippen LogP contribution < -0.4 is 10.5 Å². The molecule has 20 heavy (non-hydrogen) atoms. The van der Waals surface area contributed by atoms with Gasteiger partial charge in [0.2, 0.25) is 0 Å². The van der Waals surface area contributed by atoms with Crippen LogP contribution in [0.5, 0.6) is 5.75 Å². The van der Waals surface area contributed by atoms with E-state index in [1.54, 1.807) is 7.11 Å². The zero-order valence-corrected chi connectivity index (χ0v) is 13.9. The first-order valence-corrected chi connectivity index (χ1v) is 7.37. The molecular formula is C16H20BrNO2. The average Bonchev–Trinajstić information content (AvgIpc) is 2.66. The van der Waals surface area contributed by atoms with E-state index in [9.17, 15) is 0 Å². The number of methoxy groups -OCH3 is 1. The highest BCUT2D eigenvalue weighted by atomic mass is 79.9. The zero-order valence-electron chi connectivity index (χ0n) is 12.3. The third kappa shape index (κ3) is 2.91. The molecule has 0 saturated heterocycles.